The first-order chi connectivity index (χ1) is 11.6. The molecule has 2 rings (SSSR count). The number of ketones is 1. The van der Waals surface area contributed by atoms with E-state index in [-0.39, 0.29) is 11.9 Å². The summed E-state index contributed by atoms with van der Waals surface area (Å²) in [6.45, 7) is 4.26. The molecule has 1 aliphatic rings. The lowest BCUT2D eigenvalue weighted by Gasteiger charge is -2.37. The highest BCUT2D eigenvalue weighted by Gasteiger charge is 2.45. The van der Waals surface area contributed by atoms with Crippen molar-refractivity contribution in [2.45, 2.75) is 63.8 Å². The van der Waals surface area contributed by atoms with E-state index in [1.54, 1.807) is 36.4 Å². The molecule has 0 amide bonds. The Morgan fingerprint density at radius 2 is 1.92 bits per heavy atom. The molecule has 0 bridgehead atoms. The molecule has 24 heavy (non-hydrogen) atoms. The molecular weight excluding hydrogens is 300 g/mol. The zero-order chi connectivity index (χ0) is 17.4. The molecule has 3 unspecified atom stereocenters. The molecule has 3 heteroatoms. The SMILES string of the molecule is CCCCC(CCC)OC1(C(=O)c2ccccc2)C=CC=CC1O. The topological polar surface area (TPSA) is 46.5 Å². The number of carbonyl (C=O) groups excluding carboxylic acids is 1. The number of rotatable bonds is 9. The van der Waals surface area contributed by atoms with Crippen molar-refractivity contribution in [3.63, 3.8) is 0 Å². The summed E-state index contributed by atoms with van der Waals surface area (Å²) >= 11 is 0. The van der Waals surface area contributed by atoms with Crippen LogP contribution in [0.2, 0.25) is 0 Å². The quantitative estimate of drug-likeness (QED) is 0.680. The van der Waals surface area contributed by atoms with Crippen LogP contribution < -0.4 is 0 Å². The fourth-order valence-electron chi connectivity index (χ4n) is 3.09. The predicted molar refractivity (Wildman–Crippen MR) is 97.1 cm³/mol. The van der Waals surface area contributed by atoms with Gasteiger partial charge in [0.05, 0.1) is 6.10 Å². The van der Waals surface area contributed by atoms with Gasteiger partial charge in [0, 0.05) is 5.56 Å². The van der Waals surface area contributed by atoms with Crippen molar-refractivity contribution in [2.75, 3.05) is 0 Å². The van der Waals surface area contributed by atoms with E-state index in [1.165, 1.54) is 0 Å². The molecule has 0 radical (unpaired) electrons. The maximum absolute atomic E-state index is 13.2. The van der Waals surface area contributed by atoms with Crippen LogP contribution in [0, 0.1) is 0 Å². The second kappa shape index (κ2) is 8.95. The highest BCUT2D eigenvalue weighted by molar-refractivity contribution is 6.04. The van der Waals surface area contributed by atoms with Crippen molar-refractivity contribution >= 4 is 5.78 Å². The lowest BCUT2D eigenvalue weighted by atomic mass is 9.84. The van der Waals surface area contributed by atoms with Gasteiger partial charge in [0.15, 0.2) is 5.60 Å². The standard InChI is InChI=1S/C21H28O3/c1-3-5-14-18(11-4-2)24-21(16-10-9-15-19(21)22)20(23)17-12-7-6-8-13-17/h6-10,12-13,15-16,18-19,22H,3-5,11,14H2,1-2H3. The summed E-state index contributed by atoms with van der Waals surface area (Å²) in [5.74, 6) is -0.186. The Morgan fingerprint density at radius 3 is 2.54 bits per heavy atom. The van der Waals surface area contributed by atoms with E-state index in [2.05, 4.69) is 13.8 Å². The van der Waals surface area contributed by atoms with Gasteiger partial charge in [-0.2, -0.15) is 0 Å². The van der Waals surface area contributed by atoms with Crippen molar-refractivity contribution < 1.29 is 14.6 Å². The molecule has 3 atom stereocenters. The summed E-state index contributed by atoms with van der Waals surface area (Å²) in [6.07, 6.45) is 10.8. The molecule has 0 spiro atoms. The van der Waals surface area contributed by atoms with E-state index in [1.807, 2.05) is 18.2 Å². The van der Waals surface area contributed by atoms with Crippen LogP contribution in [-0.2, 0) is 4.74 Å². The van der Waals surface area contributed by atoms with Crippen LogP contribution in [0.5, 0.6) is 0 Å². The number of unbranched alkanes of at least 4 members (excludes halogenated alkanes) is 1. The third-order valence-corrected chi connectivity index (χ3v) is 4.43. The van der Waals surface area contributed by atoms with E-state index in [0.29, 0.717) is 5.56 Å². The molecule has 0 saturated carbocycles. The molecule has 1 aromatic carbocycles. The molecule has 0 aromatic heterocycles. The number of hydrogen-bond donors (Lipinski definition) is 1. The average Bonchev–Trinajstić information content (AvgIpc) is 2.62. The number of aliphatic hydroxyl groups is 1. The van der Waals surface area contributed by atoms with Gasteiger partial charge in [-0.25, -0.2) is 0 Å². The molecule has 1 aromatic rings. The van der Waals surface area contributed by atoms with Gasteiger partial charge in [0.2, 0.25) is 5.78 Å². The fourth-order valence-corrected chi connectivity index (χ4v) is 3.09. The van der Waals surface area contributed by atoms with Gasteiger partial charge in [0.25, 0.3) is 0 Å². The van der Waals surface area contributed by atoms with Gasteiger partial charge in [0.1, 0.15) is 6.10 Å². The van der Waals surface area contributed by atoms with E-state index < -0.39 is 11.7 Å². The van der Waals surface area contributed by atoms with E-state index >= 15 is 0 Å². The number of aliphatic hydroxyl groups excluding tert-OH is 1. The van der Waals surface area contributed by atoms with Crippen LogP contribution >= 0.6 is 0 Å². The van der Waals surface area contributed by atoms with E-state index in [9.17, 15) is 9.90 Å². The zero-order valence-electron chi connectivity index (χ0n) is 14.7. The fraction of sp³-hybridized carbons (Fsp3) is 0.476. The molecular formula is C21H28O3. The lowest BCUT2D eigenvalue weighted by Crippen LogP contribution is -2.52. The van der Waals surface area contributed by atoms with Gasteiger partial charge in [-0.15, -0.1) is 0 Å². The van der Waals surface area contributed by atoms with Crippen LogP contribution in [-0.4, -0.2) is 28.7 Å². The maximum Gasteiger partial charge on any atom is 0.201 e. The normalized spacial score (nSPS) is 24.0. The first kappa shape index (κ1) is 18.6. The third kappa shape index (κ3) is 4.22. The van der Waals surface area contributed by atoms with Crippen LogP contribution in [0.15, 0.2) is 54.6 Å². The minimum absolute atomic E-state index is 0.0339. The van der Waals surface area contributed by atoms with E-state index in [0.717, 1.165) is 32.1 Å². The number of benzene rings is 1. The number of allylic oxidation sites excluding steroid dienone is 2. The number of carbonyl (C=O) groups is 1. The Bertz CT molecular complexity index is 576. The van der Waals surface area contributed by atoms with Gasteiger partial charge < -0.3 is 9.84 Å². The Balaban J connectivity index is 2.31. The van der Waals surface area contributed by atoms with Crippen LogP contribution in [0.3, 0.4) is 0 Å². The smallest absolute Gasteiger partial charge is 0.201 e. The Hall–Kier alpha value is -1.71. The third-order valence-electron chi connectivity index (χ3n) is 4.43. The number of Topliss-reactive ketones (excluding diaryl/α,β-unsaturated/α-hetero) is 1. The Kier molecular flexibility index (Phi) is 6.95. The molecule has 1 N–H and O–H groups in total. The number of ether oxygens (including phenoxy) is 1. The van der Waals surface area contributed by atoms with Crippen molar-refractivity contribution in [1.82, 2.24) is 0 Å². The largest absolute Gasteiger partial charge is 0.385 e. The first-order valence-corrected chi connectivity index (χ1v) is 8.95. The average molecular weight is 328 g/mol. The summed E-state index contributed by atoms with van der Waals surface area (Å²) in [6, 6.07) is 9.07. The second-order valence-electron chi connectivity index (χ2n) is 6.35. The number of hydrogen-bond acceptors (Lipinski definition) is 3. The Morgan fingerprint density at radius 1 is 1.17 bits per heavy atom. The second-order valence-corrected chi connectivity index (χ2v) is 6.35. The Labute approximate surface area is 145 Å². The zero-order valence-corrected chi connectivity index (χ0v) is 14.7. The molecule has 0 fully saturated rings. The molecule has 0 aliphatic heterocycles. The van der Waals surface area contributed by atoms with E-state index in [4.69, 9.17) is 4.74 Å². The molecule has 0 saturated heterocycles. The molecule has 130 valence electrons. The van der Waals surface area contributed by atoms with Crippen LogP contribution in [0.25, 0.3) is 0 Å². The van der Waals surface area contributed by atoms with Crippen molar-refractivity contribution in [1.29, 1.82) is 0 Å². The van der Waals surface area contributed by atoms with Gasteiger partial charge in [-0.1, -0.05) is 81.7 Å². The minimum atomic E-state index is -1.33. The predicted octanol–water partition coefficient (Wildman–Crippen LogP) is 4.47. The highest BCUT2D eigenvalue weighted by Crippen LogP contribution is 2.31. The summed E-state index contributed by atoms with van der Waals surface area (Å²) in [5.41, 5.74) is -0.772. The summed E-state index contributed by atoms with van der Waals surface area (Å²) in [4.78, 5) is 13.2. The van der Waals surface area contributed by atoms with Gasteiger partial charge in [-0.05, 0) is 18.9 Å². The molecule has 0 heterocycles. The monoisotopic (exact) mass is 328 g/mol. The van der Waals surface area contributed by atoms with Gasteiger partial charge in [-0.3, -0.25) is 4.79 Å². The molecule has 3 nitrogen and oxygen atoms in total. The van der Waals surface area contributed by atoms with Gasteiger partial charge >= 0.3 is 0 Å². The van der Waals surface area contributed by atoms with Crippen LogP contribution in [0.4, 0.5) is 0 Å². The minimum Gasteiger partial charge on any atom is -0.385 e. The van der Waals surface area contributed by atoms with Crippen molar-refractivity contribution in [3.05, 3.63) is 60.2 Å². The maximum atomic E-state index is 13.2. The lowest BCUT2D eigenvalue weighted by molar-refractivity contribution is -0.0950. The summed E-state index contributed by atoms with van der Waals surface area (Å²) in [5, 5.41) is 10.6. The molecule has 1 aliphatic carbocycles. The van der Waals surface area contributed by atoms with Crippen molar-refractivity contribution in [3.8, 4) is 0 Å². The highest BCUT2D eigenvalue weighted by atomic mass is 16.5. The summed E-state index contributed by atoms with van der Waals surface area (Å²) in [7, 11) is 0. The summed E-state index contributed by atoms with van der Waals surface area (Å²) < 4.78 is 6.31. The first-order valence-electron chi connectivity index (χ1n) is 8.95. The van der Waals surface area contributed by atoms with Crippen molar-refractivity contribution in [2.24, 2.45) is 0 Å². The van der Waals surface area contributed by atoms with Crippen LogP contribution in [0.1, 0.15) is 56.3 Å².